The van der Waals surface area contributed by atoms with E-state index < -0.39 is 4.92 Å². The molecule has 0 saturated heterocycles. The number of amides is 1. The normalized spacial score (nSPS) is 11.9. The average molecular weight is 237 g/mol. The number of carbonyl (C=O) groups excluding carboxylic acids is 1. The van der Waals surface area contributed by atoms with Crippen LogP contribution in [0.5, 0.6) is 0 Å². The van der Waals surface area contributed by atoms with Crippen molar-refractivity contribution in [3.8, 4) is 0 Å². The predicted molar refractivity (Wildman–Crippen MR) is 63.6 cm³/mol. The van der Waals surface area contributed by atoms with Crippen LogP contribution in [-0.4, -0.2) is 24.4 Å². The zero-order chi connectivity index (χ0) is 12.8. The molecule has 0 aliphatic carbocycles. The highest BCUT2D eigenvalue weighted by molar-refractivity contribution is 5.77. The molecule has 0 heterocycles. The van der Waals surface area contributed by atoms with Gasteiger partial charge in [0, 0.05) is 25.2 Å². The zero-order valence-electron chi connectivity index (χ0n) is 9.77. The summed E-state index contributed by atoms with van der Waals surface area (Å²) < 4.78 is 0. The lowest BCUT2D eigenvalue weighted by atomic mass is 10.1. The van der Waals surface area contributed by atoms with Crippen LogP contribution in [0, 0.1) is 10.1 Å². The Labute approximate surface area is 99.2 Å². The predicted octanol–water partition coefficient (Wildman–Crippen LogP) is 0.991. The summed E-state index contributed by atoms with van der Waals surface area (Å²) in [7, 11) is 1.57. The Bertz CT molecular complexity index is 403. The van der Waals surface area contributed by atoms with Crippen molar-refractivity contribution in [1.82, 2.24) is 10.6 Å². The lowest BCUT2D eigenvalue weighted by molar-refractivity contribution is -0.384. The molecule has 0 bridgehead atoms. The number of hydrogen-bond acceptors (Lipinski definition) is 4. The monoisotopic (exact) mass is 237 g/mol. The minimum Gasteiger partial charge on any atom is -0.358 e. The van der Waals surface area contributed by atoms with Crippen molar-refractivity contribution in [1.29, 1.82) is 0 Å². The molecule has 0 aromatic heterocycles. The molecular weight excluding hydrogens is 222 g/mol. The number of non-ortho nitro benzene ring substituents is 1. The van der Waals surface area contributed by atoms with Crippen LogP contribution in [0.25, 0.3) is 0 Å². The summed E-state index contributed by atoms with van der Waals surface area (Å²) >= 11 is 0. The quantitative estimate of drug-likeness (QED) is 0.591. The van der Waals surface area contributed by atoms with Crippen LogP contribution in [0.2, 0.25) is 0 Å². The molecule has 6 nitrogen and oxygen atoms in total. The van der Waals surface area contributed by atoms with Gasteiger partial charge in [-0.15, -0.1) is 0 Å². The van der Waals surface area contributed by atoms with Gasteiger partial charge in [-0.3, -0.25) is 14.9 Å². The van der Waals surface area contributed by atoms with Gasteiger partial charge in [0.1, 0.15) is 0 Å². The van der Waals surface area contributed by atoms with Crippen molar-refractivity contribution in [3.63, 3.8) is 0 Å². The van der Waals surface area contributed by atoms with E-state index in [1.807, 2.05) is 6.92 Å². The van der Waals surface area contributed by atoms with Crippen LogP contribution in [-0.2, 0) is 4.79 Å². The maximum atomic E-state index is 11.0. The number of benzene rings is 1. The second-order valence-corrected chi connectivity index (χ2v) is 3.62. The lowest BCUT2D eigenvalue weighted by Crippen LogP contribution is -2.32. The number of rotatable bonds is 5. The van der Waals surface area contributed by atoms with E-state index in [1.165, 1.54) is 12.1 Å². The van der Waals surface area contributed by atoms with Crippen molar-refractivity contribution in [2.24, 2.45) is 0 Å². The first-order valence-electron chi connectivity index (χ1n) is 5.23. The fraction of sp³-hybridized carbons (Fsp3) is 0.364. The van der Waals surface area contributed by atoms with E-state index in [-0.39, 0.29) is 24.2 Å². The van der Waals surface area contributed by atoms with Gasteiger partial charge in [0.2, 0.25) is 5.91 Å². The van der Waals surface area contributed by atoms with Crippen LogP contribution >= 0.6 is 0 Å². The van der Waals surface area contributed by atoms with Crippen molar-refractivity contribution >= 4 is 11.6 Å². The van der Waals surface area contributed by atoms with E-state index in [1.54, 1.807) is 19.2 Å². The van der Waals surface area contributed by atoms with Gasteiger partial charge in [0.25, 0.3) is 5.69 Å². The van der Waals surface area contributed by atoms with Gasteiger partial charge in [-0.2, -0.15) is 0 Å². The van der Waals surface area contributed by atoms with Crippen LogP contribution < -0.4 is 10.6 Å². The Morgan fingerprint density at radius 2 is 2.00 bits per heavy atom. The molecule has 6 heteroatoms. The fourth-order valence-electron chi connectivity index (χ4n) is 1.34. The fourth-order valence-corrected chi connectivity index (χ4v) is 1.34. The molecular formula is C11H15N3O3. The van der Waals surface area contributed by atoms with E-state index >= 15 is 0 Å². The first-order valence-corrected chi connectivity index (χ1v) is 5.23. The molecule has 0 fully saturated rings. The van der Waals surface area contributed by atoms with Gasteiger partial charge in [-0.1, -0.05) is 12.1 Å². The molecule has 1 rings (SSSR count). The highest BCUT2D eigenvalue weighted by Gasteiger charge is 2.09. The van der Waals surface area contributed by atoms with Gasteiger partial charge >= 0.3 is 0 Å². The number of nitro groups is 1. The van der Waals surface area contributed by atoms with Crippen molar-refractivity contribution in [2.45, 2.75) is 13.0 Å². The molecule has 0 radical (unpaired) electrons. The van der Waals surface area contributed by atoms with Crippen molar-refractivity contribution in [2.75, 3.05) is 13.6 Å². The maximum absolute atomic E-state index is 11.0. The molecule has 1 aromatic rings. The Morgan fingerprint density at radius 1 is 1.41 bits per heavy atom. The summed E-state index contributed by atoms with van der Waals surface area (Å²) in [5, 5.41) is 16.0. The molecule has 1 aromatic carbocycles. The highest BCUT2D eigenvalue weighted by Crippen LogP contribution is 2.17. The second kappa shape index (κ2) is 5.95. The van der Waals surface area contributed by atoms with Crippen molar-refractivity contribution in [3.05, 3.63) is 39.9 Å². The standard InChI is InChI=1S/C11H15N3O3/c1-8(13-7-11(15)12-2)9-3-5-10(6-4-9)14(16)17/h3-6,8,13H,7H2,1-2H3,(H,12,15). The van der Waals surface area contributed by atoms with E-state index in [0.29, 0.717) is 0 Å². The second-order valence-electron chi connectivity index (χ2n) is 3.62. The van der Waals surface area contributed by atoms with Gasteiger partial charge in [0.05, 0.1) is 11.5 Å². The summed E-state index contributed by atoms with van der Waals surface area (Å²) in [6.45, 7) is 2.11. The number of nitrogens with zero attached hydrogens (tertiary/aromatic N) is 1. The minimum atomic E-state index is -0.438. The topological polar surface area (TPSA) is 84.3 Å². The molecule has 1 amide bonds. The van der Waals surface area contributed by atoms with Crippen LogP contribution in [0.4, 0.5) is 5.69 Å². The highest BCUT2D eigenvalue weighted by atomic mass is 16.6. The lowest BCUT2D eigenvalue weighted by Gasteiger charge is -2.13. The van der Waals surface area contributed by atoms with Crippen LogP contribution in [0.15, 0.2) is 24.3 Å². The molecule has 92 valence electrons. The number of nitro benzene ring substituents is 1. The largest absolute Gasteiger partial charge is 0.358 e. The molecule has 0 aliphatic heterocycles. The smallest absolute Gasteiger partial charge is 0.269 e. The van der Waals surface area contributed by atoms with Crippen LogP contribution in [0.1, 0.15) is 18.5 Å². The Balaban J connectivity index is 2.60. The molecule has 0 spiro atoms. The van der Waals surface area contributed by atoms with E-state index in [2.05, 4.69) is 10.6 Å². The zero-order valence-corrected chi connectivity index (χ0v) is 9.77. The summed E-state index contributed by atoms with van der Waals surface area (Å²) in [6, 6.07) is 6.23. The molecule has 1 unspecified atom stereocenters. The van der Waals surface area contributed by atoms with Gasteiger partial charge in [-0.05, 0) is 12.5 Å². The molecule has 0 aliphatic rings. The molecule has 1 atom stereocenters. The first kappa shape index (κ1) is 13.1. The van der Waals surface area contributed by atoms with Crippen LogP contribution in [0.3, 0.4) is 0 Å². The Hall–Kier alpha value is -1.95. The third-order valence-corrected chi connectivity index (χ3v) is 2.45. The molecule has 0 saturated carbocycles. The van der Waals surface area contributed by atoms with E-state index in [0.717, 1.165) is 5.56 Å². The number of carbonyl (C=O) groups is 1. The SMILES string of the molecule is CNC(=O)CNC(C)c1ccc([N+](=O)[O-])cc1. The number of hydrogen-bond donors (Lipinski definition) is 2. The average Bonchev–Trinajstić information content (AvgIpc) is 2.35. The first-order chi connectivity index (χ1) is 8.04. The number of nitrogens with one attached hydrogen (secondary N) is 2. The minimum absolute atomic E-state index is 0.0342. The van der Waals surface area contributed by atoms with Gasteiger partial charge in [-0.25, -0.2) is 0 Å². The van der Waals surface area contributed by atoms with E-state index in [4.69, 9.17) is 0 Å². The third kappa shape index (κ3) is 3.84. The summed E-state index contributed by atoms with van der Waals surface area (Å²) in [5.74, 6) is -0.0984. The molecule has 2 N–H and O–H groups in total. The van der Waals surface area contributed by atoms with E-state index in [9.17, 15) is 14.9 Å². The van der Waals surface area contributed by atoms with Gasteiger partial charge < -0.3 is 10.6 Å². The summed E-state index contributed by atoms with van der Waals surface area (Å²) in [5.41, 5.74) is 0.965. The number of likely N-dealkylation sites (N-methyl/N-ethyl adjacent to an activating group) is 1. The summed E-state index contributed by atoms with van der Waals surface area (Å²) in [6.07, 6.45) is 0. The van der Waals surface area contributed by atoms with Gasteiger partial charge in [0.15, 0.2) is 0 Å². The molecule has 17 heavy (non-hydrogen) atoms. The Kier molecular flexibility index (Phi) is 4.59. The summed E-state index contributed by atoms with van der Waals surface area (Å²) in [4.78, 5) is 21.1. The maximum Gasteiger partial charge on any atom is 0.269 e. The van der Waals surface area contributed by atoms with Crippen molar-refractivity contribution < 1.29 is 9.72 Å². The third-order valence-electron chi connectivity index (χ3n) is 2.45. The Morgan fingerprint density at radius 3 is 2.47 bits per heavy atom.